The highest BCUT2D eigenvalue weighted by Crippen LogP contribution is 2.26. The number of hydrogen-bond donors (Lipinski definition) is 0. The predicted molar refractivity (Wildman–Crippen MR) is 115 cm³/mol. The predicted octanol–water partition coefficient (Wildman–Crippen LogP) is 7.04. The molecule has 3 rings (SSSR count). The van der Waals surface area contributed by atoms with Crippen LogP contribution < -0.4 is 4.74 Å². The molecule has 0 aromatic heterocycles. The first-order chi connectivity index (χ1) is 12.9. The van der Waals surface area contributed by atoms with Crippen LogP contribution in [0.3, 0.4) is 0 Å². The molecule has 0 saturated heterocycles. The van der Waals surface area contributed by atoms with Crippen molar-refractivity contribution in [3.05, 3.63) is 94.0 Å². The minimum Gasteiger partial charge on any atom is -0.457 e. The number of hydrogen-bond acceptors (Lipinski definition) is 2. The topological polar surface area (TPSA) is 18.5 Å². The van der Waals surface area contributed by atoms with Gasteiger partial charge in [-0.3, -0.25) is 0 Å². The van der Waals surface area contributed by atoms with E-state index in [0.29, 0.717) is 13.2 Å². The molecular formula is C24H25BrO2. The van der Waals surface area contributed by atoms with Crippen molar-refractivity contribution in [3.63, 3.8) is 0 Å². The molecular weight excluding hydrogens is 400 g/mol. The molecule has 0 bridgehead atoms. The molecule has 140 valence electrons. The van der Waals surface area contributed by atoms with Gasteiger partial charge in [0.05, 0.1) is 13.2 Å². The van der Waals surface area contributed by atoms with Crippen LogP contribution in [0.25, 0.3) is 0 Å². The Morgan fingerprint density at radius 2 is 1.56 bits per heavy atom. The van der Waals surface area contributed by atoms with Gasteiger partial charge in [0.15, 0.2) is 0 Å². The maximum atomic E-state index is 6.03. The summed E-state index contributed by atoms with van der Waals surface area (Å²) in [7, 11) is 0. The number of ether oxygens (including phenoxy) is 2. The first kappa shape index (κ1) is 19.7. The second-order valence-corrected chi connectivity index (χ2v) is 8.36. The van der Waals surface area contributed by atoms with Crippen molar-refractivity contribution < 1.29 is 9.47 Å². The lowest BCUT2D eigenvalue weighted by Gasteiger charge is -2.25. The zero-order valence-electron chi connectivity index (χ0n) is 16.0. The maximum absolute atomic E-state index is 6.03. The molecule has 0 amide bonds. The fourth-order valence-electron chi connectivity index (χ4n) is 2.85. The van der Waals surface area contributed by atoms with Crippen molar-refractivity contribution >= 4 is 15.9 Å². The molecule has 0 fully saturated rings. The highest BCUT2D eigenvalue weighted by atomic mass is 79.9. The molecule has 3 heteroatoms. The Bertz CT molecular complexity index is 868. The monoisotopic (exact) mass is 424 g/mol. The Morgan fingerprint density at radius 3 is 2.26 bits per heavy atom. The van der Waals surface area contributed by atoms with Gasteiger partial charge >= 0.3 is 0 Å². The highest BCUT2D eigenvalue weighted by molar-refractivity contribution is 9.10. The van der Waals surface area contributed by atoms with Gasteiger partial charge in [0, 0.05) is 9.89 Å². The van der Waals surface area contributed by atoms with Crippen LogP contribution in [0, 0.1) is 6.92 Å². The fraction of sp³-hybridized carbons (Fsp3) is 0.250. The van der Waals surface area contributed by atoms with Crippen LogP contribution in [0.15, 0.2) is 77.3 Å². The lowest BCUT2D eigenvalue weighted by molar-refractivity contribution is 0.0824. The standard InChI is InChI=1S/C24H25BrO2/c1-18-7-9-20(10-8-18)24(2,3)17-26-16-19-5-4-6-23(15-19)27-22-13-11-21(25)12-14-22/h4-15H,16-17H2,1-3H3. The summed E-state index contributed by atoms with van der Waals surface area (Å²) in [6, 6.07) is 24.5. The summed E-state index contributed by atoms with van der Waals surface area (Å²) in [5, 5.41) is 0. The van der Waals surface area contributed by atoms with E-state index in [2.05, 4.69) is 67.0 Å². The van der Waals surface area contributed by atoms with Crippen LogP contribution in [0.1, 0.15) is 30.5 Å². The Labute approximate surface area is 170 Å². The van der Waals surface area contributed by atoms with Gasteiger partial charge in [-0.15, -0.1) is 0 Å². The van der Waals surface area contributed by atoms with E-state index in [9.17, 15) is 0 Å². The van der Waals surface area contributed by atoms with Crippen molar-refractivity contribution in [2.45, 2.75) is 32.8 Å². The molecule has 0 radical (unpaired) electrons. The van der Waals surface area contributed by atoms with Crippen molar-refractivity contribution in [2.75, 3.05) is 6.61 Å². The molecule has 0 N–H and O–H groups in total. The van der Waals surface area contributed by atoms with Gasteiger partial charge in [-0.05, 0) is 54.4 Å². The van der Waals surface area contributed by atoms with Crippen LogP contribution in [0.2, 0.25) is 0 Å². The summed E-state index contributed by atoms with van der Waals surface area (Å²) < 4.78 is 13.0. The minimum atomic E-state index is -0.0285. The van der Waals surface area contributed by atoms with E-state index in [1.807, 2.05) is 42.5 Å². The van der Waals surface area contributed by atoms with Crippen LogP contribution in [0.4, 0.5) is 0 Å². The van der Waals surface area contributed by atoms with E-state index >= 15 is 0 Å². The van der Waals surface area contributed by atoms with Crippen molar-refractivity contribution in [1.29, 1.82) is 0 Å². The van der Waals surface area contributed by atoms with Crippen LogP contribution >= 0.6 is 15.9 Å². The summed E-state index contributed by atoms with van der Waals surface area (Å²) in [5.74, 6) is 1.63. The Morgan fingerprint density at radius 1 is 0.852 bits per heavy atom. The molecule has 27 heavy (non-hydrogen) atoms. The molecule has 3 aromatic rings. The summed E-state index contributed by atoms with van der Waals surface area (Å²) >= 11 is 3.44. The van der Waals surface area contributed by atoms with Crippen LogP contribution in [-0.2, 0) is 16.8 Å². The zero-order valence-corrected chi connectivity index (χ0v) is 17.6. The largest absolute Gasteiger partial charge is 0.457 e. The molecule has 2 nitrogen and oxygen atoms in total. The summed E-state index contributed by atoms with van der Waals surface area (Å²) in [6.45, 7) is 7.76. The molecule has 0 aliphatic rings. The average Bonchev–Trinajstić information content (AvgIpc) is 2.64. The van der Waals surface area contributed by atoms with Crippen molar-refractivity contribution in [2.24, 2.45) is 0 Å². The number of aryl methyl sites for hydroxylation is 1. The van der Waals surface area contributed by atoms with E-state index in [4.69, 9.17) is 9.47 Å². The Kier molecular flexibility index (Phi) is 6.35. The first-order valence-electron chi connectivity index (χ1n) is 9.10. The van der Waals surface area contributed by atoms with Crippen LogP contribution in [-0.4, -0.2) is 6.61 Å². The zero-order chi connectivity index (χ0) is 19.3. The molecule has 0 unspecified atom stereocenters. The molecule has 0 atom stereocenters. The van der Waals surface area contributed by atoms with Gasteiger partial charge in [-0.2, -0.15) is 0 Å². The highest BCUT2D eigenvalue weighted by Gasteiger charge is 2.20. The summed E-state index contributed by atoms with van der Waals surface area (Å²) in [5.41, 5.74) is 3.64. The lowest BCUT2D eigenvalue weighted by atomic mass is 9.85. The SMILES string of the molecule is Cc1ccc(C(C)(C)COCc2cccc(Oc3ccc(Br)cc3)c2)cc1. The quantitative estimate of drug-likeness (QED) is 0.404. The fourth-order valence-corrected chi connectivity index (χ4v) is 3.11. The third kappa shape index (κ3) is 5.69. The second kappa shape index (κ2) is 8.73. The Balaban J connectivity index is 1.58. The Hall–Kier alpha value is -2.10. The van der Waals surface area contributed by atoms with Crippen LogP contribution in [0.5, 0.6) is 11.5 Å². The van der Waals surface area contributed by atoms with E-state index < -0.39 is 0 Å². The van der Waals surface area contributed by atoms with Gasteiger partial charge < -0.3 is 9.47 Å². The van der Waals surface area contributed by atoms with Gasteiger partial charge in [0.2, 0.25) is 0 Å². The van der Waals surface area contributed by atoms with Crippen molar-refractivity contribution in [1.82, 2.24) is 0 Å². The smallest absolute Gasteiger partial charge is 0.127 e. The normalized spacial score (nSPS) is 11.4. The lowest BCUT2D eigenvalue weighted by Crippen LogP contribution is -2.24. The summed E-state index contributed by atoms with van der Waals surface area (Å²) in [4.78, 5) is 0. The summed E-state index contributed by atoms with van der Waals surface area (Å²) in [6.07, 6.45) is 0. The second-order valence-electron chi connectivity index (χ2n) is 7.45. The van der Waals surface area contributed by atoms with E-state index in [-0.39, 0.29) is 5.41 Å². The average molecular weight is 425 g/mol. The number of halogens is 1. The van der Waals surface area contributed by atoms with Gasteiger partial charge in [-0.25, -0.2) is 0 Å². The van der Waals surface area contributed by atoms with Gasteiger partial charge in [-0.1, -0.05) is 71.7 Å². The molecule has 3 aromatic carbocycles. The van der Waals surface area contributed by atoms with E-state index in [1.165, 1.54) is 11.1 Å². The van der Waals surface area contributed by atoms with Crippen molar-refractivity contribution in [3.8, 4) is 11.5 Å². The molecule has 0 heterocycles. The molecule has 0 aliphatic heterocycles. The third-order valence-electron chi connectivity index (χ3n) is 4.51. The molecule has 0 saturated carbocycles. The minimum absolute atomic E-state index is 0.0285. The number of rotatable bonds is 7. The maximum Gasteiger partial charge on any atom is 0.127 e. The van der Waals surface area contributed by atoms with E-state index in [1.54, 1.807) is 0 Å². The molecule has 0 aliphatic carbocycles. The number of benzene rings is 3. The first-order valence-corrected chi connectivity index (χ1v) is 9.89. The molecule has 0 spiro atoms. The van der Waals surface area contributed by atoms with E-state index in [0.717, 1.165) is 21.5 Å². The third-order valence-corrected chi connectivity index (χ3v) is 5.04. The van der Waals surface area contributed by atoms with Gasteiger partial charge in [0.1, 0.15) is 11.5 Å². The van der Waals surface area contributed by atoms with Gasteiger partial charge in [0.25, 0.3) is 0 Å².